The van der Waals surface area contributed by atoms with E-state index in [0.717, 1.165) is 5.06 Å². The Morgan fingerprint density at radius 3 is 2.37 bits per heavy atom. The third-order valence-corrected chi connectivity index (χ3v) is 3.04. The average Bonchev–Trinajstić information content (AvgIpc) is 2.68. The average molecular weight is 276 g/mol. The largest absolute Gasteiger partial charge is 0.403 e. The van der Waals surface area contributed by atoms with Gasteiger partial charge in [0.25, 0.3) is 0 Å². The molecule has 0 radical (unpaired) electrons. The Morgan fingerprint density at radius 2 is 1.89 bits per heavy atom. The third-order valence-electron chi connectivity index (χ3n) is 3.04. The molecule has 0 saturated carbocycles. The molecule has 8 heteroatoms. The lowest BCUT2D eigenvalue weighted by Crippen LogP contribution is -2.38. The molecule has 104 valence electrons. The van der Waals surface area contributed by atoms with Gasteiger partial charge in [-0.1, -0.05) is 30.3 Å². The fraction of sp³-hybridized carbons (Fsp3) is 0.455. The molecule has 19 heavy (non-hydrogen) atoms. The van der Waals surface area contributed by atoms with Crippen molar-refractivity contribution in [3.05, 3.63) is 46.0 Å². The summed E-state index contributed by atoms with van der Waals surface area (Å²) >= 11 is 0. The number of halogens is 3. The minimum Gasteiger partial charge on any atom is -0.262 e. The molecule has 1 aliphatic heterocycles. The summed E-state index contributed by atoms with van der Waals surface area (Å²) in [6, 6.07) is 6.58. The first-order valence-corrected chi connectivity index (χ1v) is 5.47. The lowest BCUT2D eigenvalue weighted by Gasteiger charge is -2.23. The second-order valence-corrected chi connectivity index (χ2v) is 4.25. The topological polar surface area (TPSA) is 55.6 Å². The molecule has 0 amide bonds. The van der Waals surface area contributed by atoms with Crippen LogP contribution in [0.5, 0.6) is 0 Å². The van der Waals surface area contributed by atoms with Crippen molar-refractivity contribution in [2.24, 2.45) is 5.92 Å². The highest BCUT2D eigenvalue weighted by Gasteiger charge is 2.62. The molecule has 0 N–H and O–H groups in total. The van der Waals surface area contributed by atoms with Crippen molar-refractivity contribution in [1.29, 1.82) is 0 Å². The Morgan fingerprint density at radius 1 is 1.32 bits per heavy atom. The van der Waals surface area contributed by atoms with Gasteiger partial charge in [-0.25, -0.2) is 4.84 Å². The fourth-order valence-corrected chi connectivity index (χ4v) is 2.26. The van der Waals surface area contributed by atoms with E-state index in [1.807, 2.05) is 0 Å². The van der Waals surface area contributed by atoms with Gasteiger partial charge in [0.15, 0.2) is 5.92 Å². The molecular weight excluding hydrogens is 265 g/mol. The summed E-state index contributed by atoms with van der Waals surface area (Å²) in [5.41, 5.74) is 0.330. The van der Waals surface area contributed by atoms with Crippen LogP contribution in [-0.4, -0.2) is 29.4 Å². The second-order valence-electron chi connectivity index (χ2n) is 4.25. The van der Waals surface area contributed by atoms with Crippen LogP contribution in [0.25, 0.3) is 0 Å². The summed E-state index contributed by atoms with van der Waals surface area (Å²) in [7, 11) is 1.26. The molecule has 5 nitrogen and oxygen atoms in total. The van der Waals surface area contributed by atoms with E-state index < -0.39 is 29.3 Å². The molecule has 0 bridgehead atoms. The molecule has 2 rings (SSSR count). The van der Waals surface area contributed by atoms with Gasteiger partial charge in [0, 0.05) is 7.05 Å². The van der Waals surface area contributed by atoms with Crippen molar-refractivity contribution in [2.45, 2.75) is 18.4 Å². The molecule has 0 aromatic heterocycles. The van der Waals surface area contributed by atoms with Crippen LogP contribution in [0, 0.1) is 16.0 Å². The third kappa shape index (κ3) is 2.54. The summed E-state index contributed by atoms with van der Waals surface area (Å²) in [5.74, 6) is -2.20. The Hall–Kier alpha value is -1.67. The molecule has 3 atom stereocenters. The Bertz CT molecular complexity index is 466. The van der Waals surface area contributed by atoms with Gasteiger partial charge in [-0.3, -0.25) is 10.1 Å². The van der Waals surface area contributed by atoms with Crippen molar-refractivity contribution >= 4 is 0 Å². The Kier molecular flexibility index (Phi) is 3.46. The normalized spacial score (nSPS) is 28.5. The summed E-state index contributed by atoms with van der Waals surface area (Å²) in [6.07, 6.45) is -6.83. The van der Waals surface area contributed by atoms with Crippen LogP contribution in [0.4, 0.5) is 13.2 Å². The summed E-state index contributed by atoms with van der Waals surface area (Å²) in [5, 5.41) is 11.6. The summed E-state index contributed by atoms with van der Waals surface area (Å²) in [4.78, 5) is 14.4. The monoisotopic (exact) mass is 276 g/mol. The van der Waals surface area contributed by atoms with Crippen LogP contribution in [0.15, 0.2) is 30.3 Å². The zero-order valence-corrected chi connectivity index (χ0v) is 9.87. The number of benzene rings is 1. The minimum absolute atomic E-state index is 0.330. The van der Waals surface area contributed by atoms with Gasteiger partial charge < -0.3 is 0 Å². The molecule has 1 heterocycles. The molecule has 0 aliphatic carbocycles. The number of hydroxylamine groups is 2. The highest BCUT2D eigenvalue weighted by molar-refractivity contribution is 5.21. The molecule has 0 unspecified atom stereocenters. The first kappa shape index (κ1) is 13.8. The van der Waals surface area contributed by atoms with Crippen molar-refractivity contribution in [1.82, 2.24) is 5.06 Å². The van der Waals surface area contributed by atoms with Crippen LogP contribution < -0.4 is 0 Å². The van der Waals surface area contributed by atoms with E-state index in [0.29, 0.717) is 5.56 Å². The van der Waals surface area contributed by atoms with Gasteiger partial charge in [0.1, 0.15) is 0 Å². The minimum atomic E-state index is -4.72. The quantitative estimate of drug-likeness (QED) is 0.614. The van der Waals surface area contributed by atoms with E-state index in [4.69, 9.17) is 4.84 Å². The lowest BCUT2D eigenvalue weighted by molar-refractivity contribution is -0.596. The van der Waals surface area contributed by atoms with E-state index in [2.05, 4.69) is 0 Å². The van der Waals surface area contributed by atoms with Crippen molar-refractivity contribution in [3.63, 3.8) is 0 Å². The zero-order chi connectivity index (χ0) is 14.2. The first-order valence-electron chi connectivity index (χ1n) is 5.47. The predicted octanol–water partition coefficient (Wildman–Crippen LogP) is 2.39. The zero-order valence-electron chi connectivity index (χ0n) is 9.87. The van der Waals surface area contributed by atoms with Gasteiger partial charge in [0.05, 0.1) is 11.0 Å². The number of alkyl halides is 3. The maximum atomic E-state index is 13.1. The number of nitro groups is 1. The van der Waals surface area contributed by atoms with Crippen LogP contribution in [0.2, 0.25) is 0 Å². The van der Waals surface area contributed by atoms with Gasteiger partial charge in [-0.05, 0) is 5.56 Å². The lowest BCUT2D eigenvalue weighted by atomic mass is 9.92. The van der Waals surface area contributed by atoms with Gasteiger partial charge in [-0.15, -0.1) is 0 Å². The number of hydrogen-bond acceptors (Lipinski definition) is 4. The predicted molar refractivity (Wildman–Crippen MR) is 58.4 cm³/mol. The fourth-order valence-electron chi connectivity index (χ4n) is 2.26. The van der Waals surface area contributed by atoms with Gasteiger partial charge in [0.2, 0.25) is 0 Å². The highest BCUT2D eigenvalue weighted by Crippen LogP contribution is 2.47. The van der Waals surface area contributed by atoms with E-state index >= 15 is 0 Å². The number of rotatable bonds is 2. The number of nitrogens with zero attached hydrogens (tertiary/aromatic N) is 2. The van der Waals surface area contributed by atoms with Crippen LogP contribution in [-0.2, 0) is 4.84 Å². The van der Waals surface area contributed by atoms with Crippen LogP contribution in [0.1, 0.15) is 11.6 Å². The molecule has 1 aromatic rings. The highest BCUT2D eigenvalue weighted by atomic mass is 19.4. The Balaban J connectivity index is 2.43. The van der Waals surface area contributed by atoms with E-state index in [1.165, 1.54) is 19.2 Å². The summed E-state index contributed by atoms with van der Waals surface area (Å²) in [6.45, 7) is 0. The van der Waals surface area contributed by atoms with Crippen LogP contribution in [0.3, 0.4) is 0 Å². The Labute approximate surface area is 106 Å². The molecule has 1 fully saturated rings. The molecule has 1 aromatic carbocycles. The standard InChI is InChI=1S/C11H11F3N2O3/c1-15-9(7-5-3-2-4-6-7)8(11(12,13)14)10(19-15)16(17)18/h2-6,8-10H,1H3/t8-,9-,10-/m0/s1. The van der Waals surface area contributed by atoms with Gasteiger partial charge >= 0.3 is 12.4 Å². The van der Waals surface area contributed by atoms with Crippen molar-refractivity contribution in [2.75, 3.05) is 7.05 Å². The maximum Gasteiger partial charge on any atom is 0.403 e. The molecule has 0 spiro atoms. The molecule has 1 saturated heterocycles. The molecular formula is C11H11F3N2O3. The molecule has 1 aliphatic rings. The van der Waals surface area contributed by atoms with E-state index in [1.54, 1.807) is 18.2 Å². The smallest absolute Gasteiger partial charge is 0.262 e. The summed E-state index contributed by atoms with van der Waals surface area (Å²) < 4.78 is 39.2. The first-order chi connectivity index (χ1) is 8.82. The SMILES string of the molecule is CN1O[C@H]([N+](=O)[O-])[C@@H](C(F)(F)F)[C@@H]1c1ccccc1. The van der Waals surface area contributed by atoms with E-state index in [9.17, 15) is 23.3 Å². The number of hydrogen-bond donors (Lipinski definition) is 0. The van der Waals surface area contributed by atoms with Crippen molar-refractivity contribution < 1.29 is 22.9 Å². The van der Waals surface area contributed by atoms with E-state index in [-0.39, 0.29) is 0 Å². The van der Waals surface area contributed by atoms with Crippen LogP contribution >= 0.6 is 0 Å². The van der Waals surface area contributed by atoms with Gasteiger partial charge in [-0.2, -0.15) is 18.2 Å². The second kappa shape index (κ2) is 4.78. The maximum absolute atomic E-state index is 13.1. The van der Waals surface area contributed by atoms with Crippen molar-refractivity contribution in [3.8, 4) is 0 Å².